The zero-order chi connectivity index (χ0) is 15.5. The molecule has 1 heterocycles. The predicted molar refractivity (Wildman–Crippen MR) is 76.7 cm³/mol. The van der Waals surface area contributed by atoms with Gasteiger partial charge in [-0.2, -0.15) is 0 Å². The molecule has 0 bridgehead atoms. The highest BCUT2D eigenvalue weighted by Crippen LogP contribution is 2.28. The normalized spacial score (nSPS) is 11.1. The van der Waals surface area contributed by atoms with E-state index in [2.05, 4.69) is 20.0 Å². The van der Waals surface area contributed by atoms with Crippen molar-refractivity contribution in [2.75, 3.05) is 16.6 Å². The summed E-state index contributed by atoms with van der Waals surface area (Å²) in [6.07, 6.45) is 2.84. The van der Waals surface area contributed by atoms with Crippen LogP contribution in [0.3, 0.4) is 0 Å². The number of nitro benzene ring substituents is 1. The van der Waals surface area contributed by atoms with Crippen molar-refractivity contribution in [3.63, 3.8) is 0 Å². The molecule has 0 atom stereocenters. The lowest BCUT2D eigenvalue weighted by molar-refractivity contribution is -0.384. The first-order chi connectivity index (χ1) is 9.94. The summed E-state index contributed by atoms with van der Waals surface area (Å²) in [4.78, 5) is 16.5. The molecular formula is C11H13N5O4S. The summed E-state index contributed by atoms with van der Waals surface area (Å²) in [5, 5.41) is 13.8. The number of anilines is 2. The number of rotatable bonds is 6. The maximum absolute atomic E-state index is 12.1. The molecule has 0 aliphatic rings. The summed E-state index contributed by atoms with van der Waals surface area (Å²) in [5.74, 6) is 0.0356. The minimum absolute atomic E-state index is 0.0356. The number of nitrogens with zero attached hydrogens (tertiary/aromatic N) is 2. The summed E-state index contributed by atoms with van der Waals surface area (Å²) in [6, 6.07) is 3.65. The molecule has 0 aliphatic heterocycles. The molecule has 1 aromatic carbocycles. The van der Waals surface area contributed by atoms with E-state index in [-0.39, 0.29) is 22.2 Å². The quantitative estimate of drug-likeness (QED) is 0.548. The summed E-state index contributed by atoms with van der Waals surface area (Å²) >= 11 is 0. The Kier molecular flexibility index (Phi) is 4.08. The van der Waals surface area contributed by atoms with Gasteiger partial charge < -0.3 is 10.3 Å². The number of nitrogens with one attached hydrogen (secondary N) is 3. The summed E-state index contributed by atoms with van der Waals surface area (Å²) in [7, 11) is -3.95. The van der Waals surface area contributed by atoms with E-state index in [1.54, 1.807) is 6.92 Å². The Bertz CT molecular complexity index is 742. The molecule has 0 spiro atoms. The Labute approximate surface area is 120 Å². The number of hydrogen-bond acceptors (Lipinski definition) is 6. The van der Waals surface area contributed by atoms with E-state index in [1.807, 2.05) is 0 Å². The van der Waals surface area contributed by atoms with Crippen LogP contribution in [0.15, 0.2) is 35.5 Å². The van der Waals surface area contributed by atoms with Gasteiger partial charge in [-0.25, -0.2) is 18.1 Å². The molecule has 0 aliphatic carbocycles. The zero-order valence-electron chi connectivity index (χ0n) is 11.0. The second-order valence-corrected chi connectivity index (χ2v) is 5.69. The van der Waals surface area contributed by atoms with Gasteiger partial charge in [0.2, 0.25) is 5.95 Å². The van der Waals surface area contributed by atoms with Gasteiger partial charge in [-0.3, -0.25) is 10.1 Å². The lowest BCUT2D eigenvalue weighted by Crippen LogP contribution is -2.14. The van der Waals surface area contributed by atoms with Crippen molar-refractivity contribution in [1.29, 1.82) is 0 Å². The second kappa shape index (κ2) is 5.79. The highest BCUT2D eigenvalue weighted by Gasteiger charge is 2.21. The molecule has 0 amide bonds. The molecule has 0 unspecified atom stereocenters. The fourth-order valence-corrected chi connectivity index (χ4v) is 2.67. The third kappa shape index (κ3) is 3.28. The Morgan fingerprint density at radius 1 is 1.43 bits per heavy atom. The average Bonchev–Trinajstić information content (AvgIpc) is 2.91. The fraction of sp³-hybridized carbons (Fsp3) is 0.182. The Morgan fingerprint density at radius 3 is 2.76 bits per heavy atom. The molecule has 112 valence electrons. The molecule has 2 rings (SSSR count). The van der Waals surface area contributed by atoms with Crippen molar-refractivity contribution < 1.29 is 13.3 Å². The Morgan fingerprint density at radius 2 is 2.19 bits per heavy atom. The number of H-pyrrole nitrogens is 1. The first-order valence-electron chi connectivity index (χ1n) is 5.98. The maximum Gasteiger partial charge on any atom is 0.293 e. The number of imidazole rings is 1. The molecule has 21 heavy (non-hydrogen) atoms. The van der Waals surface area contributed by atoms with E-state index in [0.29, 0.717) is 6.54 Å². The molecule has 2 aromatic rings. The molecule has 3 N–H and O–H groups in total. The molecule has 9 nitrogen and oxygen atoms in total. The number of benzene rings is 1. The van der Waals surface area contributed by atoms with E-state index >= 15 is 0 Å². The van der Waals surface area contributed by atoms with Gasteiger partial charge in [-0.1, -0.05) is 0 Å². The SMILES string of the molecule is CCNc1ccc(S(=O)(=O)Nc2ncc[nH]2)cc1[N+](=O)[O-]. The molecule has 0 saturated carbocycles. The summed E-state index contributed by atoms with van der Waals surface area (Å²) in [5.41, 5.74) is -0.0429. The largest absolute Gasteiger partial charge is 0.380 e. The van der Waals surface area contributed by atoms with E-state index in [9.17, 15) is 18.5 Å². The highest BCUT2D eigenvalue weighted by atomic mass is 32.2. The van der Waals surface area contributed by atoms with Crippen LogP contribution in [0, 0.1) is 10.1 Å². The van der Waals surface area contributed by atoms with Gasteiger partial charge in [-0.15, -0.1) is 0 Å². The van der Waals surface area contributed by atoms with Gasteiger partial charge in [0.1, 0.15) is 5.69 Å². The summed E-state index contributed by atoms with van der Waals surface area (Å²) < 4.78 is 26.5. The molecule has 10 heteroatoms. The first-order valence-corrected chi connectivity index (χ1v) is 7.47. The van der Waals surface area contributed by atoms with Crippen molar-refractivity contribution >= 4 is 27.3 Å². The Hall–Kier alpha value is -2.62. The lowest BCUT2D eigenvalue weighted by atomic mass is 10.2. The van der Waals surface area contributed by atoms with Crippen LogP contribution in [0.1, 0.15) is 6.92 Å². The van der Waals surface area contributed by atoms with Crippen molar-refractivity contribution in [3.8, 4) is 0 Å². The number of sulfonamides is 1. The smallest absolute Gasteiger partial charge is 0.293 e. The van der Waals surface area contributed by atoms with E-state index in [1.165, 1.54) is 24.5 Å². The number of aromatic nitrogens is 2. The number of aromatic amines is 1. The van der Waals surface area contributed by atoms with E-state index in [0.717, 1.165) is 6.07 Å². The van der Waals surface area contributed by atoms with Gasteiger partial charge in [0, 0.05) is 25.0 Å². The van der Waals surface area contributed by atoms with Crippen molar-refractivity contribution in [3.05, 3.63) is 40.7 Å². The highest BCUT2D eigenvalue weighted by molar-refractivity contribution is 7.92. The van der Waals surface area contributed by atoms with Crippen molar-refractivity contribution in [2.45, 2.75) is 11.8 Å². The average molecular weight is 311 g/mol. The van der Waals surface area contributed by atoms with Crippen LogP contribution in [0.5, 0.6) is 0 Å². The topological polar surface area (TPSA) is 130 Å². The summed E-state index contributed by atoms with van der Waals surface area (Å²) in [6.45, 7) is 2.27. The predicted octanol–water partition coefficient (Wildman–Crippen LogP) is 1.55. The van der Waals surface area contributed by atoms with Crippen LogP contribution in [-0.4, -0.2) is 29.9 Å². The molecule has 0 saturated heterocycles. The minimum Gasteiger partial charge on any atom is -0.380 e. The second-order valence-electron chi connectivity index (χ2n) is 4.01. The van der Waals surface area contributed by atoms with Crippen molar-refractivity contribution in [2.24, 2.45) is 0 Å². The van der Waals surface area contributed by atoms with Gasteiger partial charge in [0.15, 0.2) is 0 Å². The van der Waals surface area contributed by atoms with Crippen LogP contribution in [0.25, 0.3) is 0 Å². The van der Waals surface area contributed by atoms with Crippen LogP contribution in [0.4, 0.5) is 17.3 Å². The maximum atomic E-state index is 12.1. The number of nitro groups is 1. The molecule has 0 radical (unpaired) electrons. The van der Waals surface area contributed by atoms with Crippen LogP contribution in [0.2, 0.25) is 0 Å². The van der Waals surface area contributed by atoms with Crippen LogP contribution >= 0.6 is 0 Å². The lowest BCUT2D eigenvalue weighted by Gasteiger charge is -2.08. The van der Waals surface area contributed by atoms with Crippen LogP contribution < -0.4 is 10.0 Å². The first kappa shape index (κ1) is 14.8. The number of hydrogen-bond donors (Lipinski definition) is 3. The standard InChI is InChI=1S/C11H13N5O4S/c1-2-12-9-4-3-8(7-10(9)16(17)18)21(19,20)15-11-13-5-6-14-11/h3-7,12H,2H2,1H3,(H2,13,14,15). The Balaban J connectivity index is 2.39. The van der Waals surface area contributed by atoms with E-state index < -0.39 is 14.9 Å². The molecule has 0 fully saturated rings. The third-order valence-corrected chi connectivity index (χ3v) is 3.91. The third-order valence-electron chi connectivity index (χ3n) is 2.57. The van der Waals surface area contributed by atoms with E-state index in [4.69, 9.17) is 0 Å². The van der Waals surface area contributed by atoms with Gasteiger partial charge in [0.25, 0.3) is 15.7 Å². The van der Waals surface area contributed by atoms with Gasteiger partial charge >= 0.3 is 0 Å². The monoisotopic (exact) mass is 311 g/mol. The molecule has 1 aromatic heterocycles. The fourth-order valence-electron chi connectivity index (χ4n) is 1.68. The van der Waals surface area contributed by atoms with Gasteiger partial charge in [-0.05, 0) is 19.1 Å². The minimum atomic E-state index is -3.95. The van der Waals surface area contributed by atoms with Crippen LogP contribution in [-0.2, 0) is 10.0 Å². The zero-order valence-corrected chi connectivity index (χ0v) is 11.8. The molecular weight excluding hydrogens is 298 g/mol. The van der Waals surface area contributed by atoms with Gasteiger partial charge in [0.05, 0.1) is 9.82 Å². The van der Waals surface area contributed by atoms with Crippen molar-refractivity contribution in [1.82, 2.24) is 9.97 Å².